The maximum absolute atomic E-state index is 11.7. The van der Waals surface area contributed by atoms with Gasteiger partial charge in [-0.3, -0.25) is 20.2 Å². The molecule has 0 bridgehead atoms. The molecule has 1 spiro atoms. The molecule has 0 saturated heterocycles. The minimum Gasteiger partial charge on any atom is -0.448 e. The van der Waals surface area contributed by atoms with Gasteiger partial charge in [-0.1, -0.05) is 38.1 Å². The van der Waals surface area contributed by atoms with Crippen molar-refractivity contribution in [2.45, 2.75) is 26.1 Å². The number of hydrogen-bond donors (Lipinski definition) is 0. The molecule has 8 nitrogen and oxygen atoms in total. The molecule has 3 aromatic rings. The van der Waals surface area contributed by atoms with Crippen molar-refractivity contribution in [3.8, 4) is 11.5 Å². The first kappa shape index (κ1) is 21.1. The number of benzene rings is 3. The summed E-state index contributed by atoms with van der Waals surface area (Å²) in [7, 11) is 0. The largest absolute Gasteiger partial charge is 0.448 e. The summed E-state index contributed by atoms with van der Waals surface area (Å²) >= 11 is 0. The zero-order chi connectivity index (χ0) is 24.5. The van der Waals surface area contributed by atoms with Crippen LogP contribution >= 0.6 is 0 Å². The highest BCUT2D eigenvalue weighted by Crippen LogP contribution is 2.41. The van der Waals surface area contributed by atoms with Crippen molar-refractivity contribution in [1.29, 1.82) is 0 Å². The number of hydrogen-bond acceptors (Lipinski definition) is 6. The third kappa shape index (κ3) is 3.21. The second-order valence-electron chi connectivity index (χ2n) is 9.56. The first-order valence-corrected chi connectivity index (χ1v) is 11.2. The van der Waals surface area contributed by atoms with Crippen molar-refractivity contribution in [3.05, 3.63) is 96.4 Å². The van der Waals surface area contributed by atoms with Gasteiger partial charge in [-0.15, -0.1) is 0 Å². The number of nitro groups is 2. The summed E-state index contributed by atoms with van der Waals surface area (Å²) in [6, 6.07) is 11.9. The van der Waals surface area contributed by atoms with Crippen LogP contribution in [-0.2, 0) is 0 Å². The van der Waals surface area contributed by atoms with Gasteiger partial charge >= 0.3 is 0 Å². The van der Waals surface area contributed by atoms with Crippen LogP contribution in [0, 0.1) is 25.6 Å². The van der Waals surface area contributed by atoms with E-state index in [0.717, 1.165) is 21.4 Å². The molecule has 0 amide bonds. The van der Waals surface area contributed by atoms with Crippen LogP contribution in [0.4, 0.5) is 5.69 Å². The fraction of sp³-hybridized carbons (Fsp3) is 0.185. The fourth-order valence-electron chi connectivity index (χ4n) is 5.12. The fourth-order valence-corrected chi connectivity index (χ4v) is 5.12. The Balaban J connectivity index is 1.43. The van der Waals surface area contributed by atoms with Crippen molar-refractivity contribution in [3.63, 3.8) is 0 Å². The Kier molecular flexibility index (Phi) is 4.23. The van der Waals surface area contributed by atoms with E-state index in [9.17, 15) is 20.2 Å². The highest BCUT2D eigenvalue weighted by Gasteiger charge is 2.38. The molecule has 1 atom stereocenters. The molecule has 1 unspecified atom stereocenters. The quantitative estimate of drug-likeness (QED) is 0.404. The molecule has 2 aliphatic heterocycles. The molecular formula is C27H20N2O6. The molecule has 0 aromatic heterocycles. The number of allylic oxidation sites excluding steroid dienone is 1. The molecule has 6 rings (SSSR count). The van der Waals surface area contributed by atoms with Crippen LogP contribution in [0.1, 0.15) is 31.4 Å². The molecule has 3 aliphatic rings. The SMILES string of the molecule is CC1(C)C=C([N+](=O)[O-])c2ccc3c(c2=C1)=CCC1(C=Cc2c(ccc4c([N+](=O)[O-])cccc24)O1)O3. The molecule has 2 heterocycles. The second-order valence-corrected chi connectivity index (χ2v) is 9.56. The molecule has 3 aromatic carbocycles. The number of ether oxygens (including phenoxy) is 2. The molecule has 8 heteroatoms. The number of fused-ring (bicyclic) bond motifs is 6. The standard InChI is InChI=1S/C27H20N2O6/c1-26(2)14-21-18(23(15-26)29(32)33)7-9-25-20(21)11-13-27(35-25)12-10-19-16-4-3-5-22(28(30)31)17(16)6-8-24(19)34-27/h3-12,14-15H,13H2,1-2H3. The molecule has 0 N–H and O–H groups in total. The Bertz CT molecular complexity index is 1670. The van der Waals surface area contributed by atoms with Gasteiger partial charge in [-0.2, -0.15) is 0 Å². The molecular weight excluding hydrogens is 448 g/mol. The Labute approximate surface area is 199 Å². The smallest absolute Gasteiger partial charge is 0.277 e. The summed E-state index contributed by atoms with van der Waals surface area (Å²) < 4.78 is 12.7. The zero-order valence-electron chi connectivity index (χ0n) is 19.0. The first-order valence-electron chi connectivity index (χ1n) is 11.2. The topological polar surface area (TPSA) is 105 Å². The van der Waals surface area contributed by atoms with Crippen LogP contribution in [0.2, 0.25) is 0 Å². The predicted molar refractivity (Wildman–Crippen MR) is 132 cm³/mol. The van der Waals surface area contributed by atoms with Crippen LogP contribution in [0.25, 0.3) is 34.7 Å². The Morgan fingerprint density at radius 3 is 2.40 bits per heavy atom. The maximum atomic E-state index is 11.7. The van der Waals surface area contributed by atoms with Crippen LogP contribution in [0.15, 0.2) is 54.6 Å². The summed E-state index contributed by atoms with van der Waals surface area (Å²) in [4.78, 5) is 22.4. The molecule has 35 heavy (non-hydrogen) atoms. The summed E-state index contributed by atoms with van der Waals surface area (Å²) in [5, 5.41) is 26.0. The average Bonchev–Trinajstić information content (AvgIpc) is 2.81. The number of rotatable bonds is 2. The Hall–Kier alpha value is -4.46. The summed E-state index contributed by atoms with van der Waals surface area (Å²) in [5.41, 5.74) is 0.988. The van der Waals surface area contributed by atoms with E-state index in [-0.39, 0.29) is 16.3 Å². The predicted octanol–water partition coefficient (Wildman–Crippen LogP) is 4.55. The third-order valence-corrected chi connectivity index (χ3v) is 6.64. The average molecular weight is 468 g/mol. The van der Waals surface area contributed by atoms with Crippen molar-refractivity contribution < 1.29 is 19.3 Å². The molecule has 1 aliphatic carbocycles. The molecule has 174 valence electrons. The minimum atomic E-state index is -1.07. The van der Waals surface area contributed by atoms with Gasteiger partial charge < -0.3 is 9.47 Å². The highest BCUT2D eigenvalue weighted by molar-refractivity contribution is 5.98. The first-order chi connectivity index (χ1) is 16.7. The van der Waals surface area contributed by atoms with E-state index >= 15 is 0 Å². The lowest BCUT2D eigenvalue weighted by atomic mass is 9.84. The molecule has 0 fully saturated rings. The van der Waals surface area contributed by atoms with E-state index in [1.165, 1.54) is 6.07 Å². The van der Waals surface area contributed by atoms with E-state index in [1.807, 2.05) is 44.2 Å². The van der Waals surface area contributed by atoms with Gasteiger partial charge in [0.1, 0.15) is 11.5 Å². The monoisotopic (exact) mass is 468 g/mol. The van der Waals surface area contributed by atoms with Crippen LogP contribution in [0.5, 0.6) is 11.5 Å². The Morgan fingerprint density at radius 2 is 1.63 bits per heavy atom. The van der Waals surface area contributed by atoms with E-state index < -0.39 is 16.1 Å². The second kappa shape index (κ2) is 7.02. The molecule has 0 radical (unpaired) electrons. The van der Waals surface area contributed by atoms with Gasteiger partial charge in [0.2, 0.25) is 0 Å². The minimum absolute atomic E-state index is 0.0438. The van der Waals surface area contributed by atoms with Crippen molar-refractivity contribution in [2.75, 3.05) is 0 Å². The summed E-state index contributed by atoms with van der Waals surface area (Å²) in [5.74, 6) is 0.0759. The lowest BCUT2D eigenvalue weighted by Crippen LogP contribution is -2.48. The van der Waals surface area contributed by atoms with Gasteiger partial charge in [-0.05, 0) is 40.9 Å². The maximum Gasteiger partial charge on any atom is 0.277 e. The zero-order valence-corrected chi connectivity index (χ0v) is 19.0. The van der Waals surface area contributed by atoms with Crippen LogP contribution in [0.3, 0.4) is 0 Å². The molecule has 0 saturated carbocycles. The Morgan fingerprint density at radius 1 is 0.857 bits per heavy atom. The van der Waals surface area contributed by atoms with Crippen molar-refractivity contribution >= 4 is 40.4 Å². The van der Waals surface area contributed by atoms with Crippen LogP contribution in [-0.4, -0.2) is 15.6 Å². The van der Waals surface area contributed by atoms with Gasteiger partial charge in [0.05, 0.1) is 20.8 Å². The number of non-ortho nitro benzene ring substituents is 1. The third-order valence-electron chi connectivity index (χ3n) is 6.64. The lowest BCUT2D eigenvalue weighted by Gasteiger charge is -2.37. The van der Waals surface area contributed by atoms with E-state index in [2.05, 4.69) is 0 Å². The summed E-state index contributed by atoms with van der Waals surface area (Å²) in [6.07, 6.45) is 9.79. The highest BCUT2D eigenvalue weighted by atomic mass is 16.7. The number of nitro benzene ring substituents is 1. The van der Waals surface area contributed by atoms with Gasteiger partial charge in [0.25, 0.3) is 17.2 Å². The van der Waals surface area contributed by atoms with Gasteiger partial charge in [0.15, 0.2) is 0 Å². The number of nitrogens with zero attached hydrogens (tertiary/aromatic N) is 2. The van der Waals surface area contributed by atoms with Gasteiger partial charge in [-0.25, -0.2) is 0 Å². The van der Waals surface area contributed by atoms with Crippen molar-refractivity contribution in [2.24, 2.45) is 5.41 Å². The van der Waals surface area contributed by atoms with E-state index in [4.69, 9.17) is 9.47 Å². The van der Waals surface area contributed by atoms with E-state index in [1.54, 1.807) is 36.4 Å². The van der Waals surface area contributed by atoms with Gasteiger partial charge in [0, 0.05) is 40.8 Å². The van der Waals surface area contributed by atoms with Crippen molar-refractivity contribution in [1.82, 2.24) is 0 Å². The summed E-state index contributed by atoms with van der Waals surface area (Å²) in [6.45, 7) is 3.87. The lowest BCUT2D eigenvalue weighted by molar-refractivity contribution is -0.383. The normalized spacial score (nSPS) is 20.8. The van der Waals surface area contributed by atoms with Crippen LogP contribution < -0.4 is 19.9 Å². The van der Waals surface area contributed by atoms with E-state index in [0.29, 0.717) is 28.9 Å².